The van der Waals surface area contributed by atoms with E-state index in [1.165, 1.54) is 50.5 Å². The zero-order chi connectivity index (χ0) is 35.1. The number of hydrogen-bond acceptors (Lipinski definition) is 4. The lowest BCUT2D eigenvalue weighted by molar-refractivity contribution is 0.399. The molecular formula is C43H63N3O2. The molecule has 0 atom stereocenters. The van der Waals surface area contributed by atoms with Gasteiger partial charge in [0.05, 0.1) is 0 Å². The molecule has 3 aromatic carbocycles. The predicted octanol–water partition coefficient (Wildman–Crippen LogP) is 12.0. The Morgan fingerprint density at radius 3 is 1.48 bits per heavy atom. The van der Waals surface area contributed by atoms with Crippen molar-refractivity contribution in [3.05, 3.63) is 76.3 Å². The van der Waals surface area contributed by atoms with Crippen molar-refractivity contribution in [2.45, 2.75) is 162 Å². The van der Waals surface area contributed by atoms with Gasteiger partial charge in [-0.1, -0.05) is 150 Å². The summed E-state index contributed by atoms with van der Waals surface area (Å²) >= 11 is 0. The molecule has 5 heteroatoms. The van der Waals surface area contributed by atoms with Crippen LogP contribution in [-0.4, -0.2) is 25.2 Å². The van der Waals surface area contributed by atoms with Crippen molar-refractivity contribution in [1.82, 2.24) is 15.0 Å². The van der Waals surface area contributed by atoms with Crippen LogP contribution in [0, 0.1) is 0 Å². The van der Waals surface area contributed by atoms with Crippen LogP contribution >= 0.6 is 0 Å². The van der Waals surface area contributed by atoms with Gasteiger partial charge in [0.1, 0.15) is 28.2 Å². The highest BCUT2D eigenvalue weighted by molar-refractivity contribution is 5.74. The molecule has 0 amide bonds. The number of phenols is 2. The van der Waals surface area contributed by atoms with Crippen molar-refractivity contribution in [2.24, 2.45) is 0 Å². The lowest BCUT2D eigenvalue weighted by Crippen LogP contribution is -2.22. The highest BCUT2D eigenvalue weighted by Gasteiger charge is 2.31. The fourth-order valence-corrected chi connectivity index (χ4v) is 7.14. The van der Waals surface area contributed by atoms with Crippen LogP contribution in [0.1, 0.15) is 167 Å². The predicted molar refractivity (Wildman–Crippen MR) is 203 cm³/mol. The summed E-state index contributed by atoms with van der Waals surface area (Å²) in [6.45, 7) is 20.6. The van der Waals surface area contributed by atoms with E-state index < -0.39 is 0 Å². The van der Waals surface area contributed by atoms with Crippen LogP contribution in [0.5, 0.6) is 11.5 Å². The largest absolute Gasteiger partial charge is 0.507 e. The third-order valence-electron chi connectivity index (χ3n) is 10.7. The summed E-state index contributed by atoms with van der Waals surface area (Å²) in [5.41, 5.74) is 6.92. The quantitative estimate of drug-likeness (QED) is 0.105. The molecule has 4 aromatic rings. The average molecular weight is 654 g/mol. The van der Waals surface area contributed by atoms with Crippen molar-refractivity contribution >= 4 is 11.0 Å². The zero-order valence-corrected chi connectivity index (χ0v) is 31.5. The van der Waals surface area contributed by atoms with E-state index in [1.807, 2.05) is 24.3 Å². The van der Waals surface area contributed by atoms with Crippen LogP contribution in [0.2, 0.25) is 0 Å². The number of hydrogen-bond donors (Lipinski definition) is 2. The van der Waals surface area contributed by atoms with Crippen LogP contribution < -0.4 is 0 Å². The van der Waals surface area contributed by atoms with E-state index in [-0.39, 0.29) is 22.0 Å². The van der Waals surface area contributed by atoms with Gasteiger partial charge in [-0.3, -0.25) is 0 Å². The molecule has 0 unspecified atom stereocenters. The molecule has 48 heavy (non-hydrogen) atoms. The minimum Gasteiger partial charge on any atom is -0.507 e. The van der Waals surface area contributed by atoms with Crippen LogP contribution in [0.15, 0.2) is 48.5 Å². The summed E-state index contributed by atoms with van der Waals surface area (Å²) in [5.74, 6) is 0.528. The summed E-state index contributed by atoms with van der Waals surface area (Å²) in [5, 5.41) is 33.6. The number of nitrogens with zero attached hydrogens (tertiary/aromatic N) is 3. The number of benzene rings is 3. The first kappa shape index (κ1) is 37.5. The van der Waals surface area contributed by atoms with Gasteiger partial charge in [-0.05, 0) is 70.4 Å². The molecule has 2 N–H and O–H groups in total. The van der Waals surface area contributed by atoms with E-state index >= 15 is 0 Å². The maximum Gasteiger partial charge on any atom is 0.146 e. The monoisotopic (exact) mass is 653 g/mol. The van der Waals surface area contributed by atoms with Gasteiger partial charge < -0.3 is 10.2 Å². The Hall–Kier alpha value is -3.34. The smallest absolute Gasteiger partial charge is 0.146 e. The van der Waals surface area contributed by atoms with Crippen LogP contribution in [0.4, 0.5) is 0 Å². The SMILES string of the molecule is CCCCCC(C)(C)c1cc(Cc2cc(C(C)(C)CCCCC)cc(C(C)(C)CCCCC)c2O)c(O)c(-n2nc3ccccc3n2)c1. The number of unbranched alkanes of at least 4 members (excludes halogenated alkanes) is 6. The zero-order valence-electron chi connectivity index (χ0n) is 31.5. The summed E-state index contributed by atoms with van der Waals surface area (Å²) in [4.78, 5) is 1.59. The molecule has 0 aliphatic carbocycles. The minimum atomic E-state index is -0.182. The molecule has 0 bridgehead atoms. The maximum atomic E-state index is 12.1. The first-order chi connectivity index (χ1) is 22.7. The molecule has 5 nitrogen and oxygen atoms in total. The van der Waals surface area contributed by atoms with Gasteiger partial charge in [0.15, 0.2) is 0 Å². The average Bonchev–Trinajstić information content (AvgIpc) is 3.47. The van der Waals surface area contributed by atoms with Gasteiger partial charge in [-0.2, -0.15) is 0 Å². The molecule has 262 valence electrons. The molecule has 0 radical (unpaired) electrons. The molecule has 0 fully saturated rings. The van der Waals surface area contributed by atoms with E-state index in [0.717, 1.165) is 65.4 Å². The van der Waals surface area contributed by atoms with E-state index in [2.05, 4.69) is 86.6 Å². The third-order valence-corrected chi connectivity index (χ3v) is 10.7. The van der Waals surface area contributed by atoms with Gasteiger partial charge in [-0.25, -0.2) is 0 Å². The molecular weight excluding hydrogens is 590 g/mol. The van der Waals surface area contributed by atoms with Crippen LogP contribution in [-0.2, 0) is 22.7 Å². The van der Waals surface area contributed by atoms with Crippen LogP contribution in [0.25, 0.3) is 16.7 Å². The lowest BCUT2D eigenvalue weighted by Gasteiger charge is -2.32. The minimum absolute atomic E-state index is 0.0404. The van der Waals surface area contributed by atoms with E-state index in [1.54, 1.807) is 4.80 Å². The van der Waals surface area contributed by atoms with E-state index in [4.69, 9.17) is 10.2 Å². The Morgan fingerprint density at radius 2 is 1.00 bits per heavy atom. The highest BCUT2D eigenvalue weighted by atomic mass is 16.3. The second-order valence-electron chi connectivity index (χ2n) is 16.2. The molecule has 0 aliphatic heterocycles. The Bertz CT molecular complexity index is 1610. The first-order valence-electron chi connectivity index (χ1n) is 18.8. The Labute approximate surface area is 291 Å². The van der Waals surface area contributed by atoms with Gasteiger partial charge in [-0.15, -0.1) is 15.0 Å². The standard InChI is InChI=1S/C43H63N3O2/c1-10-13-18-23-41(4,5)33-27-31(39(47)35(29-33)43(8,9)25-20-15-12-3)26-32-28-34(42(6,7)24-19-14-11-2)30-38(40(32)48)46-44-36-21-16-17-22-37(36)45-46/h16-17,21-22,27-30,47-48H,10-15,18-20,23-26H2,1-9H3. The summed E-state index contributed by atoms with van der Waals surface area (Å²) < 4.78 is 0. The molecule has 1 aromatic heterocycles. The fraction of sp³-hybridized carbons (Fsp3) is 0.581. The van der Waals surface area contributed by atoms with Crippen molar-refractivity contribution in [2.75, 3.05) is 0 Å². The molecule has 0 saturated heterocycles. The number of aromatic nitrogens is 3. The molecule has 4 rings (SSSR count). The van der Waals surface area contributed by atoms with E-state index in [0.29, 0.717) is 17.9 Å². The highest BCUT2D eigenvalue weighted by Crippen LogP contribution is 2.44. The van der Waals surface area contributed by atoms with Gasteiger partial charge in [0.2, 0.25) is 0 Å². The second-order valence-corrected chi connectivity index (χ2v) is 16.2. The second kappa shape index (κ2) is 15.9. The molecule has 0 spiro atoms. The van der Waals surface area contributed by atoms with Crippen molar-refractivity contribution in [3.63, 3.8) is 0 Å². The lowest BCUT2D eigenvalue weighted by atomic mass is 9.73. The van der Waals surface area contributed by atoms with Crippen molar-refractivity contribution in [1.29, 1.82) is 0 Å². The fourth-order valence-electron chi connectivity index (χ4n) is 7.14. The Morgan fingerprint density at radius 1 is 0.562 bits per heavy atom. The molecule has 0 saturated carbocycles. The summed E-state index contributed by atoms with van der Waals surface area (Å²) in [6, 6.07) is 16.6. The van der Waals surface area contributed by atoms with Crippen molar-refractivity contribution in [3.8, 4) is 17.2 Å². The maximum absolute atomic E-state index is 12.1. The number of rotatable bonds is 18. The Balaban J connectivity index is 1.89. The summed E-state index contributed by atoms with van der Waals surface area (Å²) in [6.07, 6.45) is 14.2. The molecule has 1 heterocycles. The Kier molecular flexibility index (Phi) is 12.4. The summed E-state index contributed by atoms with van der Waals surface area (Å²) in [7, 11) is 0. The van der Waals surface area contributed by atoms with E-state index in [9.17, 15) is 10.2 Å². The first-order valence-corrected chi connectivity index (χ1v) is 18.8. The topological polar surface area (TPSA) is 71.2 Å². The number of aromatic hydroxyl groups is 2. The van der Waals surface area contributed by atoms with Gasteiger partial charge >= 0.3 is 0 Å². The number of phenolic OH excluding ortho intramolecular Hbond substituents is 2. The molecule has 0 aliphatic rings. The normalized spacial score (nSPS) is 12.7. The van der Waals surface area contributed by atoms with Gasteiger partial charge in [0.25, 0.3) is 0 Å². The van der Waals surface area contributed by atoms with Gasteiger partial charge in [0, 0.05) is 17.5 Å². The van der Waals surface area contributed by atoms with Crippen molar-refractivity contribution < 1.29 is 10.2 Å². The van der Waals surface area contributed by atoms with Crippen LogP contribution in [0.3, 0.4) is 0 Å². The number of fused-ring (bicyclic) bond motifs is 1. The third kappa shape index (κ3) is 8.81.